The predicted octanol–water partition coefficient (Wildman–Crippen LogP) is 3.35. The molecule has 1 atom stereocenters. The normalized spacial score (nSPS) is 21.5. The molecule has 3 nitrogen and oxygen atoms in total. The summed E-state index contributed by atoms with van der Waals surface area (Å²) in [7, 11) is 0. The number of anilines is 1. The Labute approximate surface area is 126 Å². The first-order chi connectivity index (χ1) is 10.0. The van der Waals surface area contributed by atoms with Crippen molar-refractivity contribution in [2.24, 2.45) is 10.7 Å². The van der Waals surface area contributed by atoms with Crippen LogP contribution in [0, 0.1) is 13.8 Å². The van der Waals surface area contributed by atoms with E-state index in [0.717, 1.165) is 5.69 Å². The lowest BCUT2D eigenvalue weighted by Crippen LogP contribution is -2.48. The topological polar surface area (TPSA) is 41.6 Å². The summed E-state index contributed by atoms with van der Waals surface area (Å²) in [5.74, 6) is 0.588. The molecule has 3 rings (SSSR count). The maximum absolute atomic E-state index is 6.19. The van der Waals surface area contributed by atoms with Crippen LogP contribution in [0.15, 0.2) is 53.5 Å². The number of aryl methyl sites for hydroxylation is 2. The molecule has 1 unspecified atom stereocenters. The largest absolute Gasteiger partial charge is 0.369 e. The van der Waals surface area contributed by atoms with Crippen LogP contribution in [0.2, 0.25) is 0 Å². The van der Waals surface area contributed by atoms with Gasteiger partial charge < -0.3 is 10.6 Å². The number of nitrogens with zero attached hydrogens (tertiary/aromatic N) is 2. The minimum absolute atomic E-state index is 0.231. The van der Waals surface area contributed by atoms with E-state index in [1.807, 2.05) is 0 Å². The first-order valence-corrected chi connectivity index (χ1v) is 7.25. The van der Waals surface area contributed by atoms with E-state index >= 15 is 0 Å². The van der Waals surface area contributed by atoms with Crippen LogP contribution in [-0.4, -0.2) is 12.5 Å². The third-order valence-electron chi connectivity index (χ3n) is 4.29. The Bertz CT molecular complexity index is 688. The van der Waals surface area contributed by atoms with Crippen LogP contribution in [-0.2, 0) is 5.54 Å². The first kappa shape index (κ1) is 13.7. The Balaban J connectivity index is 2.10. The van der Waals surface area contributed by atoms with E-state index in [1.54, 1.807) is 0 Å². The van der Waals surface area contributed by atoms with Gasteiger partial charge in [-0.1, -0.05) is 42.0 Å². The lowest BCUT2D eigenvalue weighted by molar-refractivity contribution is 0.529. The maximum Gasteiger partial charge on any atom is 0.196 e. The van der Waals surface area contributed by atoms with Gasteiger partial charge in [0, 0.05) is 5.69 Å². The number of aliphatic imine (C=N–C) groups is 1. The Kier molecular flexibility index (Phi) is 3.20. The lowest BCUT2D eigenvalue weighted by Gasteiger charge is -2.37. The number of rotatable bonds is 2. The summed E-state index contributed by atoms with van der Waals surface area (Å²) in [4.78, 5) is 6.66. The zero-order valence-corrected chi connectivity index (χ0v) is 12.8. The fourth-order valence-corrected chi connectivity index (χ4v) is 3.12. The molecule has 0 amide bonds. The molecule has 0 saturated heterocycles. The molecule has 0 radical (unpaired) electrons. The van der Waals surface area contributed by atoms with Crippen molar-refractivity contribution in [2.75, 3.05) is 11.4 Å². The van der Waals surface area contributed by atoms with E-state index < -0.39 is 0 Å². The predicted molar refractivity (Wildman–Crippen MR) is 88.7 cm³/mol. The van der Waals surface area contributed by atoms with Gasteiger partial charge in [-0.05, 0) is 44.0 Å². The van der Waals surface area contributed by atoms with E-state index in [4.69, 9.17) is 5.73 Å². The van der Waals surface area contributed by atoms with Gasteiger partial charge in [-0.3, -0.25) is 4.99 Å². The molecule has 21 heavy (non-hydrogen) atoms. The fraction of sp³-hybridized carbons (Fsp3) is 0.278. The third kappa shape index (κ3) is 2.19. The molecule has 1 heterocycles. The second kappa shape index (κ2) is 4.92. The van der Waals surface area contributed by atoms with Crippen LogP contribution in [0.25, 0.3) is 0 Å². The monoisotopic (exact) mass is 279 g/mol. The molecule has 0 spiro atoms. The smallest absolute Gasteiger partial charge is 0.196 e. The van der Waals surface area contributed by atoms with Crippen molar-refractivity contribution in [2.45, 2.75) is 26.3 Å². The second-order valence-electron chi connectivity index (χ2n) is 5.93. The summed E-state index contributed by atoms with van der Waals surface area (Å²) in [5.41, 5.74) is 10.8. The highest BCUT2D eigenvalue weighted by Gasteiger charge is 2.41. The summed E-state index contributed by atoms with van der Waals surface area (Å²) in [6.45, 7) is 7.12. The van der Waals surface area contributed by atoms with Crippen molar-refractivity contribution in [3.05, 3.63) is 65.2 Å². The highest BCUT2D eigenvalue weighted by atomic mass is 15.4. The molecular formula is C18H21N3. The summed E-state index contributed by atoms with van der Waals surface area (Å²) >= 11 is 0. The number of hydrogen-bond donors (Lipinski definition) is 1. The number of benzene rings is 2. The molecule has 1 aliphatic rings. The van der Waals surface area contributed by atoms with Crippen LogP contribution < -0.4 is 10.6 Å². The van der Waals surface area contributed by atoms with E-state index in [2.05, 4.69) is 79.2 Å². The fourth-order valence-electron chi connectivity index (χ4n) is 3.12. The Morgan fingerprint density at radius 3 is 2.38 bits per heavy atom. The molecule has 0 aromatic heterocycles. The van der Waals surface area contributed by atoms with Gasteiger partial charge in [0.1, 0.15) is 0 Å². The van der Waals surface area contributed by atoms with Crippen molar-refractivity contribution in [3.63, 3.8) is 0 Å². The molecule has 0 fully saturated rings. The molecule has 2 aromatic carbocycles. The summed E-state index contributed by atoms with van der Waals surface area (Å²) in [6, 6.07) is 16.9. The van der Waals surface area contributed by atoms with E-state index in [1.165, 1.54) is 16.7 Å². The molecular weight excluding hydrogens is 258 g/mol. The molecule has 2 aromatic rings. The summed E-state index contributed by atoms with van der Waals surface area (Å²) in [6.07, 6.45) is 0. The standard InChI is InChI=1S/C18H21N3/c1-13-8-10-15(11-9-13)21-17(19)20-12-18(21,3)16-7-5-4-6-14(16)2/h4-11H,12H2,1-3H3,(H2,19,20). The average Bonchev–Trinajstić information content (AvgIpc) is 2.77. The van der Waals surface area contributed by atoms with E-state index in [0.29, 0.717) is 12.5 Å². The lowest BCUT2D eigenvalue weighted by atomic mass is 9.87. The molecule has 1 aliphatic heterocycles. The van der Waals surface area contributed by atoms with Crippen molar-refractivity contribution in [1.29, 1.82) is 0 Å². The summed E-state index contributed by atoms with van der Waals surface area (Å²) < 4.78 is 0. The van der Waals surface area contributed by atoms with Crippen molar-refractivity contribution < 1.29 is 0 Å². The molecule has 0 saturated carbocycles. The van der Waals surface area contributed by atoms with Gasteiger partial charge in [0.25, 0.3) is 0 Å². The van der Waals surface area contributed by atoms with Gasteiger partial charge in [0.15, 0.2) is 5.96 Å². The molecule has 2 N–H and O–H groups in total. The number of hydrogen-bond acceptors (Lipinski definition) is 3. The van der Waals surface area contributed by atoms with Gasteiger partial charge in [0.05, 0.1) is 12.1 Å². The molecule has 0 aliphatic carbocycles. The van der Waals surface area contributed by atoms with Crippen LogP contribution in [0.5, 0.6) is 0 Å². The minimum atomic E-state index is -0.231. The van der Waals surface area contributed by atoms with Gasteiger partial charge in [-0.25, -0.2) is 0 Å². The first-order valence-electron chi connectivity index (χ1n) is 7.25. The van der Waals surface area contributed by atoms with E-state index in [-0.39, 0.29) is 5.54 Å². The van der Waals surface area contributed by atoms with E-state index in [9.17, 15) is 0 Å². The number of nitrogens with two attached hydrogens (primary N) is 1. The number of guanidine groups is 1. The summed E-state index contributed by atoms with van der Waals surface area (Å²) in [5, 5.41) is 0. The van der Waals surface area contributed by atoms with Gasteiger partial charge >= 0.3 is 0 Å². The van der Waals surface area contributed by atoms with Gasteiger partial charge in [-0.2, -0.15) is 0 Å². The second-order valence-corrected chi connectivity index (χ2v) is 5.93. The van der Waals surface area contributed by atoms with Gasteiger partial charge in [0.2, 0.25) is 0 Å². The minimum Gasteiger partial charge on any atom is -0.369 e. The van der Waals surface area contributed by atoms with Gasteiger partial charge in [-0.15, -0.1) is 0 Å². The SMILES string of the molecule is Cc1ccc(N2C(N)=NCC2(C)c2ccccc2C)cc1. The van der Waals surface area contributed by atoms with Crippen LogP contribution in [0.1, 0.15) is 23.6 Å². The zero-order valence-electron chi connectivity index (χ0n) is 12.8. The Hall–Kier alpha value is -2.29. The third-order valence-corrected chi connectivity index (χ3v) is 4.29. The van der Waals surface area contributed by atoms with Crippen molar-refractivity contribution in [3.8, 4) is 0 Å². The quantitative estimate of drug-likeness (QED) is 0.916. The van der Waals surface area contributed by atoms with Crippen LogP contribution in [0.4, 0.5) is 5.69 Å². The Morgan fingerprint density at radius 2 is 1.71 bits per heavy atom. The molecule has 3 heteroatoms. The zero-order chi connectivity index (χ0) is 15.0. The average molecular weight is 279 g/mol. The van der Waals surface area contributed by atoms with Crippen LogP contribution in [0.3, 0.4) is 0 Å². The molecule has 108 valence electrons. The van der Waals surface area contributed by atoms with Crippen molar-refractivity contribution in [1.82, 2.24) is 0 Å². The molecule has 0 bridgehead atoms. The highest BCUT2D eigenvalue weighted by molar-refractivity contribution is 5.98. The maximum atomic E-state index is 6.19. The van der Waals surface area contributed by atoms with Crippen molar-refractivity contribution >= 4 is 11.6 Å². The highest BCUT2D eigenvalue weighted by Crippen LogP contribution is 2.38. The Morgan fingerprint density at radius 1 is 1.05 bits per heavy atom. The van der Waals surface area contributed by atoms with Crippen LogP contribution >= 0.6 is 0 Å².